The van der Waals surface area contributed by atoms with Crippen LogP contribution in [0.1, 0.15) is 16.7 Å². The first-order valence-corrected chi connectivity index (χ1v) is 15.2. The molecule has 0 fully saturated rings. The molecule has 42 heavy (non-hydrogen) atoms. The maximum Gasteiger partial charge on any atom is 0.264 e. The molecular weight excluding hydrogens is 550 g/mol. The van der Waals surface area contributed by atoms with Crippen molar-refractivity contribution in [2.45, 2.75) is 30.8 Å². The first-order chi connectivity index (χ1) is 20.2. The van der Waals surface area contributed by atoms with E-state index in [2.05, 4.69) is 5.32 Å². The summed E-state index contributed by atoms with van der Waals surface area (Å²) in [6, 6.07) is 30.6. The van der Waals surface area contributed by atoms with Gasteiger partial charge in [-0.25, -0.2) is 8.42 Å². The molecule has 0 bridgehead atoms. The molecule has 0 saturated carbocycles. The Morgan fingerprint density at radius 3 is 2.26 bits per heavy atom. The van der Waals surface area contributed by atoms with E-state index in [1.807, 2.05) is 43.3 Å². The first kappa shape index (κ1) is 28.9. The Morgan fingerprint density at radius 1 is 0.881 bits per heavy atom. The smallest absolute Gasteiger partial charge is 0.264 e. The maximum absolute atomic E-state index is 13.5. The summed E-state index contributed by atoms with van der Waals surface area (Å²) in [6.45, 7) is 2.44. The summed E-state index contributed by atoms with van der Waals surface area (Å²) < 4.78 is 33.3. The third-order valence-corrected chi connectivity index (χ3v) is 9.06. The molecule has 4 aromatic rings. The van der Waals surface area contributed by atoms with Gasteiger partial charge in [0.15, 0.2) is 6.10 Å². The monoisotopic (exact) mass is 583 g/mol. The molecule has 1 heterocycles. The van der Waals surface area contributed by atoms with Crippen LogP contribution in [0.25, 0.3) is 0 Å². The van der Waals surface area contributed by atoms with Crippen molar-refractivity contribution in [3.05, 3.63) is 120 Å². The molecule has 0 aromatic heterocycles. The molecule has 2 amide bonds. The molecule has 0 radical (unpaired) electrons. The van der Waals surface area contributed by atoms with Crippen LogP contribution in [0.3, 0.4) is 0 Å². The summed E-state index contributed by atoms with van der Waals surface area (Å²) in [4.78, 5) is 28.3. The zero-order chi connectivity index (χ0) is 29.7. The SMILES string of the molecule is Cc1ccc(S(=O)(=O)N(C)c2ccc(CC(=O)N3C[C@@H](C(=O)NCCc4ccccc4)Oc4ccccc43)cc2)cc1. The van der Waals surface area contributed by atoms with E-state index in [4.69, 9.17) is 4.74 Å². The van der Waals surface area contributed by atoms with Gasteiger partial charge in [0.1, 0.15) is 5.75 Å². The number of para-hydroxylation sites is 2. The Kier molecular flexibility index (Phi) is 8.59. The number of aryl methyl sites for hydroxylation is 1. The van der Waals surface area contributed by atoms with Gasteiger partial charge in [0.05, 0.1) is 29.2 Å². The summed E-state index contributed by atoms with van der Waals surface area (Å²) in [5.41, 5.74) is 3.91. The van der Waals surface area contributed by atoms with Crippen molar-refractivity contribution in [1.82, 2.24) is 5.32 Å². The molecule has 5 rings (SSSR count). The van der Waals surface area contributed by atoms with E-state index in [1.165, 1.54) is 11.4 Å². The predicted molar refractivity (Wildman–Crippen MR) is 163 cm³/mol. The van der Waals surface area contributed by atoms with Gasteiger partial charge < -0.3 is 15.0 Å². The summed E-state index contributed by atoms with van der Waals surface area (Å²) in [5.74, 6) is 0.000205. The van der Waals surface area contributed by atoms with Crippen molar-refractivity contribution in [3.8, 4) is 5.75 Å². The minimum Gasteiger partial charge on any atom is -0.477 e. The molecule has 0 spiro atoms. The second-order valence-electron chi connectivity index (χ2n) is 10.2. The topological polar surface area (TPSA) is 96.0 Å². The van der Waals surface area contributed by atoms with Gasteiger partial charge in [-0.15, -0.1) is 0 Å². The van der Waals surface area contributed by atoms with Crippen molar-refractivity contribution in [3.63, 3.8) is 0 Å². The lowest BCUT2D eigenvalue weighted by atomic mass is 10.1. The normalized spacial score (nSPS) is 14.4. The number of anilines is 2. The van der Waals surface area contributed by atoms with Crippen LogP contribution in [0.4, 0.5) is 11.4 Å². The standard InChI is InChI=1S/C33H33N3O5S/c1-24-12-18-28(19-13-24)42(39,40)35(2)27-16-14-26(15-17-27)22-32(37)36-23-31(41-30-11-7-6-10-29(30)36)33(38)34-21-20-25-8-4-3-5-9-25/h3-19,31H,20-23H2,1-2H3,(H,34,38)/t31-/m0/s1. The fourth-order valence-corrected chi connectivity index (χ4v) is 5.99. The van der Waals surface area contributed by atoms with Crippen LogP contribution in [0.15, 0.2) is 108 Å². The van der Waals surface area contributed by atoms with Gasteiger partial charge in [-0.2, -0.15) is 0 Å². The number of carbonyl (C=O) groups excluding carboxylic acids is 2. The minimum atomic E-state index is -3.73. The Bertz CT molecular complexity index is 1660. The van der Waals surface area contributed by atoms with E-state index < -0.39 is 16.1 Å². The van der Waals surface area contributed by atoms with E-state index in [-0.39, 0.29) is 29.7 Å². The number of carbonyl (C=O) groups is 2. The molecule has 1 aliphatic rings. The number of sulfonamides is 1. The highest BCUT2D eigenvalue weighted by atomic mass is 32.2. The number of hydrogen-bond donors (Lipinski definition) is 1. The van der Waals surface area contributed by atoms with Crippen LogP contribution in [-0.2, 0) is 32.5 Å². The highest BCUT2D eigenvalue weighted by Crippen LogP contribution is 2.34. The number of amides is 2. The first-order valence-electron chi connectivity index (χ1n) is 13.7. The summed E-state index contributed by atoms with van der Waals surface area (Å²) in [5, 5.41) is 2.93. The zero-order valence-corrected chi connectivity index (χ0v) is 24.4. The van der Waals surface area contributed by atoms with E-state index in [1.54, 1.807) is 71.6 Å². The zero-order valence-electron chi connectivity index (χ0n) is 23.6. The third kappa shape index (κ3) is 6.47. The molecule has 4 aromatic carbocycles. The van der Waals surface area contributed by atoms with Crippen LogP contribution in [0.5, 0.6) is 5.75 Å². The molecule has 1 N–H and O–H groups in total. The molecule has 0 aliphatic carbocycles. The van der Waals surface area contributed by atoms with E-state index in [0.29, 0.717) is 30.1 Å². The largest absolute Gasteiger partial charge is 0.477 e. The van der Waals surface area contributed by atoms with Gasteiger partial charge in [-0.3, -0.25) is 13.9 Å². The number of benzene rings is 4. The van der Waals surface area contributed by atoms with Gasteiger partial charge in [-0.05, 0) is 60.9 Å². The van der Waals surface area contributed by atoms with Gasteiger partial charge >= 0.3 is 0 Å². The second-order valence-corrected chi connectivity index (χ2v) is 12.2. The van der Waals surface area contributed by atoms with Crippen LogP contribution in [0, 0.1) is 6.92 Å². The van der Waals surface area contributed by atoms with Crippen molar-refractivity contribution in [1.29, 1.82) is 0 Å². The molecular formula is C33H33N3O5S. The molecule has 0 saturated heterocycles. The Balaban J connectivity index is 1.25. The van der Waals surface area contributed by atoms with E-state index >= 15 is 0 Å². The van der Waals surface area contributed by atoms with Gasteiger partial charge in [0.2, 0.25) is 5.91 Å². The van der Waals surface area contributed by atoms with Gasteiger partial charge in [-0.1, -0.05) is 72.3 Å². The number of nitrogens with one attached hydrogen (secondary N) is 1. The molecule has 9 heteroatoms. The van der Waals surface area contributed by atoms with Crippen LogP contribution in [-0.4, -0.2) is 46.5 Å². The van der Waals surface area contributed by atoms with E-state index in [9.17, 15) is 18.0 Å². The summed E-state index contributed by atoms with van der Waals surface area (Å²) >= 11 is 0. The molecule has 0 unspecified atom stereocenters. The van der Waals surface area contributed by atoms with Crippen LogP contribution in [0.2, 0.25) is 0 Å². The van der Waals surface area contributed by atoms with Crippen molar-refractivity contribution in [2.24, 2.45) is 0 Å². The summed E-state index contributed by atoms with van der Waals surface area (Å²) in [7, 11) is -2.22. The Hall–Kier alpha value is -4.63. The average molecular weight is 584 g/mol. The fourth-order valence-electron chi connectivity index (χ4n) is 4.80. The fraction of sp³-hybridized carbons (Fsp3) is 0.212. The predicted octanol–water partition coefficient (Wildman–Crippen LogP) is 4.52. The highest BCUT2D eigenvalue weighted by Gasteiger charge is 2.33. The maximum atomic E-state index is 13.5. The average Bonchev–Trinajstić information content (AvgIpc) is 3.01. The highest BCUT2D eigenvalue weighted by molar-refractivity contribution is 7.92. The molecule has 216 valence electrons. The Labute approximate surface area is 246 Å². The number of ether oxygens (including phenoxy) is 1. The second kappa shape index (κ2) is 12.5. The molecule has 8 nitrogen and oxygen atoms in total. The van der Waals surface area contributed by atoms with Crippen molar-refractivity contribution in [2.75, 3.05) is 29.3 Å². The van der Waals surface area contributed by atoms with Gasteiger partial charge in [0.25, 0.3) is 15.9 Å². The quantitative estimate of drug-likeness (QED) is 0.313. The van der Waals surface area contributed by atoms with E-state index in [0.717, 1.165) is 16.7 Å². The molecule has 1 atom stereocenters. The third-order valence-electron chi connectivity index (χ3n) is 7.26. The molecule has 1 aliphatic heterocycles. The van der Waals surface area contributed by atoms with Crippen LogP contribution < -0.4 is 19.3 Å². The van der Waals surface area contributed by atoms with Crippen LogP contribution >= 0.6 is 0 Å². The Morgan fingerprint density at radius 2 is 1.55 bits per heavy atom. The minimum absolute atomic E-state index is 0.0748. The number of fused-ring (bicyclic) bond motifs is 1. The number of nitrogens with zero attached hydrogens (tertiary/aromatic N) is 2. The lowest BCUT2D eigenvalue weighted by Gasteiger charge is -2.34. The van der Waals surface area contributed by atoms with Crippen molar-refractivity contribution < 1.29 is 22.7 Å². The number of rotatable bonds is 9. The van der Waals surface area contributed by atoms with Crippen molar-refractivity contribution >= 4 is 33.2 Å². The summed E-state index contributed by atoms with van der Waals surface area (Å²) in [6.07, 6.45) is -0.0795. The number of hydrogen-bond acceptors (Lipinski definition) is 5. The van der Waals surface area contributed by atoms with Gasteiger partial charge in [0, 0.05) is 13.6 Å². The lowest BCUT2D eigenvalue weighted by Crippen LogP contribution is -2.51. The lowest BCUT2D eigenvalue weighted by molar-refractivity contribution is -0.128.